The van der Waals surface area contributed by atoms with Crippen molar-refractivity contribution in [1.29, 1.82) is 0 Å². The van der Waals surface area contributed by atoms with E-state index >= 15 is 0 Å². The maximum Gasteiger partial charge on any atom is 0.416 e. The Bertz CT molecular complexity index is 1340. The van der Waals surface area contributed by atoms with Crippen LogP contribution in [0.25, 0.3) is 11.0 Å². The molecule has 1 atom stereocenters. The molecule has 1 unspecified atom stereocenters. The van der Waals surface area contributed by atoms with Gasteiger partial charge in [0, 0.05) is 6.42 Å². The van der Waals surface area contributed by atoms with E-state index in [0.717, 1.165) is 17.7 Å². The average Bonchev–Trinajstić information content (AvgIpc) is 3.17. The molecule has 0 bridgehead atoms. The molecule has 10 heteroatoms. The number of ether oxygens (including phenoxy) is 1. The van der Waals surface area contributed by atoms with Crippen LogP contribution in [0.5, 0.6) is 5.75 Å². The lowest BCUT2D eigenvalue weighted by atomic mass is 10.1. The summed E-state index contributed by atoms with van der Waals surface area (Å²) in [6, 6.07) is 11.3. The van der Waals surface area contributed by atoms with Gasteiger partial charge >= 0.3 is 6.18 Å². The van der Waals surface area contributed by atoms with Crippen LogP contribution in [0.4, 0.5) is 17.6 Å². The fourth-order valence-electron chi connectivity index (χ4n) is 3.67. The average molecular weight is 460 g/mol. The maximum absolute atomic E-state index is 13.6. The summed E-state index contributed by atoms with van der Waals surface area (Å²) in [5.41, 5.74) is 0.126. The maximum atomic E-state index is 13.6. The second-order valence-electron chi connectivity index (χ2n) is 7.56. The topological polar surface area (TPSA) is 72.8 Å². The number of hydrogen-bond donors (Lipinski definition) is 1. The third-order valence-electron chi connectivity index (χ3n) is 5.40. The van der Waals surface area contributed by atoms with Crippen molar-refractivity contribution in [2.45, 2.75) is 32.2 Å². The van der Waals surface area contributed by atoms with E-state index in [1.54, 1.807) is 26.2 Å². The fourth-order valence-corrected chi connectivity index (χ4v) is 3.67. The first-order valence-corrected chi connectivity index (χ1v) is 10.1. The number of nitrogens with one attached hydrogen (secondary N) is 1. The van der Waals surface area contributed by atoms with Crippen molar-refractivity contribution in [3.05, 3.63) is 87.1 Å². The quantitative estimate of drug-likeness (QED) is 0.419. The molecule has 0 aliphatic rings. The van der Waals surface area contributed by atoms with Crippen LogP contribution < -0.4 is 10.3 Å². The summed E-state index contributed by atoms with van der Waals surface area (Å²) in [6.07, 6.45) is -4.17. The molecule has 4 rings (SSSR count). The van der Waals surface area contributed by atoms with E-state index in [0.29, 0.717) is 17.1 Å². The molecule has 0 saturated heterocycles. The van der Waals surface area contributed by atoms with Crippen molar-refractivity contribution in [1.82, 2.24) is 19.7 Å². The molecule has 0 fully saturated rings. The van der Waals surface area contributed by atoms with Crippen LogP contribution in [0.1, 0.15) is 41.2 Å². The van der Waals surface area contributed by atoms with Crippen LogP contribution in [0.2, 0.25) is 0 Å². The molecule has 0 aliphatic heterocycles. The number of halogens is 4. The Morgan fingerprint density at radius 1 is 1.15 bits per heavy atom. The summed E-state index contributed by atoms with van der Waals surface area (Å²) >= 11 is 0. The summed E-state index contributed by atoms with van der Waals surface area (Å²) in [7, 11) is 1.55. The highest BCUT2D eigenvalue weighted by atomic mass is 19.4. The molecule has 33 heavy (non-hydrogen) atoms. The number of alkyl halides is 4. The smallest absolute Gasteiger partial charge is 0.416 e. The largest absolute Gasteiger partial charge is 0.497 e. The summed E-state index contributed by atoms with van der Waals surface area (Å²) in [6.45, 7) is 0.713. The number of H-pyrrole nitrogens is 1. The van der Waals surface area contributed by atoms with Crippen LogP contribution in [0.15, 0.2) is 53.3 Å². The van der Waals surface area contributed by atoms with Crippen molar-refractivity contribution in [3.63, 3.8) is 0 Å². The first-order valence-electron chi connectivity index (χ1n) is 10.1. The first kappa shape index (κ1) is 22.5. The zero-order valence-electron chi connectivity index (χ0n) is 17.8. The highest BCUT2D eigenvalue weighted by Crippen LogP contribution is 2.31. The Morgan fingerprint density at radius 2 is 1.88 bits per heavy atom. The van der Waals surface area contributed by atoms with E-state index in [9.17, 15) is 22.4 Å². The highest BCUT2D eigenvalue weighted by molar-refractivity contribution is 5.77. The molecule has 0 spiro atoms. The van der Waals surface area contributed by atoms with Gasteiger partial charge < -0.3 is 9.72 Å². The monoisotopic (exact) mass is 460 g/mol. The molecule has 0 radical (unpaired) electrons. The lowest BCUT2D eigenvalue weighted by Crippen LogP contribution is -2.15. The highest BCUT2D eigenvalue weighted by Gasteiger charge is 2.30. The van der Waals surface area contributed by atoms with Gasteiger partial charge in [-0.25, -0.2) is 14.1 Å². The number of hydrogen-bond acceptors (Lipinski definition) is 4. The van der Waals surface area contributed by atoms with Gasteiger partial charge in [-0.3, -0.25) is 4.79 Å². The predicted molar refractivity (Wildman–Crippen MR) is 114 cm³/mol. The standard InChI is InChI=1S/C23H20F4N4O2/c1-13(15-6-8-16(9-7-15)23(25,26)27)31-21-20(18(12-24)30-31)22(32)29-19(28-21)11-14-4-3-5-17(10-14)33-2/h3-10,13H,11-12H2,1-2H3,(H,28,29,32). The van der Waals surface area contributed by atoms with Gasteiger partial charge in [-0.1, -0.05) is 24.3 Å². The van der Waals surface area contributed by atoms with Crippen LogP contribution in [-0.2, 0) is 19.3 Å². The molecule has 0 aliphatic carbocycles. The lowest BCUT2D eigenvalue weighted by molar-refractivity contribution is -0.137. The number of fused-ring (bicyclic) bond motifs is 1. The Kier molecular flexibility index (Phi) is 5.92. The van der Waals surface area contributed by atoms with Gasteiger partial charge in [0.25, 0.3) is 5.56 Å². The van der Waals surface area contributed by atoms with E-state index in [-0.39, 0.29) is 23.1 Å². The van der Waals surface area contributed by atoms with Crippen molar-refractivity contribution >= 4 is 11.0 Å². The second kappa shape index (κ2) is 8.68. The van der Waals surface area contributed by atoms with Gasteiger partial charge in [0.1, 0.15) is 29.3 Å². The molecule has 6 nitrogen and oxygen atoms in total. The summed E-state index contributed by atoms with van der Waals surface area (Å²) < 4.78 is 58.9. The molecule has 2 aromatic heterocycles. The van der Waals surface area contributed by atoms with E-state index in [2.05, 4.69) is 15.1 Å². The number of methoxy groups -OCH3 is 1. The fraction of sp³-hybridized carbons (Fsp3) is 0.261. The minimum atomic E-state index is -4.45. The van der Waals surface area contributed by atoms with Gasteiger partial charge in [-0.05, 0) is 42.3 Å². The molecule has 0 amide bonds. The number of aromatic nitrogens is 4. The van der Waals surface area contributed by atoms with Crippen LogP contribution in [0.3, 0.4) is 0 Å². The number of rotatable bonds is 6. The molecule has 2 heterocycles. The summed E-state index contributed by atoms with van der Waals surface area (Å²) in [5.74, 6) is 0.989. The van der Waals surface area contributed by atoms with Crippen molar-refractivity contribution in [2.24, 2.45) is 0 Å². The Balaban J connectivity index is 1.77. The minimum Gasteiger partial charge on any atom is -0.497 e. The van der Waals surface area contributed by atoms with E-state index in [1.165, 1.54) is 16.8 Å². The van der Waals surface area contributed by atoms with Crippen LogP contribution in [0, 0.1) is 0 Å². The summed E-state index contributed by atoms with van der Waals surface area (Å²) in [5, 5.41) is 4.23. The third-order valence-corrected chi connectivity index (χ3v) is 5.40. The molecule has 1 N–H and O–H groups in total. The lowest BCUT2D eigenvalue weighted by Gasteiger charge is -2.15. The van der Waals surface area contributed by atoms with Gasteiger partial charge in [0.15, 0.2) is 5.65 Å². The molecular weight excluding hydrogens is 440 g/mol. The van der Waals surface area contributed by atoms with E-state index in [1.807, 2.05) is 12.1 Å². The molecular formula is C23H20F4N4O2. The molecule has 0 saturated carbocycles. The normalized spacial score (nSPS) is 12.8. The molecule has 2 aromatic carbocycles. The third kappa shape index (κ3) is 4.46. The molecule has 4 aromatic rings. The van der Waals surface area contributed by atoms with Gasteiger partial charge in [0.05, 0.1) is 18.7 Å². The summed E-state index contributed by atoms with van der Waals surface area (Å²) in [4.78, 5) is 19.9. The van der Waals surface area contributed by atoms with Crippen LogP contribution >= 0.6 is 0 Å². The van der Waals surface area contributed by atoms with Crippen molar-refractivity contribution in [2.75, 3.05) is 7.11 Å². The van der Waals surface area contributed by atoms with Gasteiger partial charge in [-0.15, -0.1) is 0 Å². The zero-order valence-corrected chi connectivity index (χ0v) is 17.8. The zero-order chi connectivity index (χ0) is 23.8. The van der Waals surface area contributed by atoms with Crippen molar-refractivity contribution < 1.29 is 22.3 Å². The first-order chi connectivity index (χ1) is 15.7. The minimum absolute atomic E-state index is 0.0191. The van der Waals surface area contributed by atoms with Gasteiger partial charge in [-0.2, -0.15) is 18.3 Å². The molecule has 172 valence electrons. The Morgan fingerprint density at radius 3 is 2.52 bits per heavy atom. The SMILES string of the molecule is COc1cccc(Cc2nc3c(c(CF)nn3C(C)c3ccc(C(F)(F)F)cc3)c(=O)[nH]2)c1. The Labute approximate surface area is 185 Å². The Hall–Kier alpha value is -3.69. The number of nitrogens with zero attached hydrogens (tertiary/aromatic N) is 3. The van der Waals surface area contributed by atoms with E-state index in [4.69, 9.17) is 4.74 Å². The number of aromatic amines is 1. The van der Waals surface area contributed by atoms with Crippen LogP contribution in [-0.4, -0.2) is 26.9 Å². The second-order valence-corrected chi connectivity index (χ2v) is 7.56. The van der Waals surface area contributed by atoms with E-state index < -0.39 is 30.0 Å². The predicted octanol–water partition coefficient (Wildman–Crippen LogP) is 4.82. The van der Waals surface area contributed by atoms with Crippen molar-refractivity contribution in [3.8, 4) is 5.75 Å². The number of benzene rings is 2. The van der Waals surface area contributed by atoms with Gasteiger partial charge in [0.2, 0.25) is 0 Å².